The molecule has 0 saturated carbocycles. The van der Waals surface area contributed by atoms with Gasteiger partial charge >= 0.3 is 5.97 Å². The molecule has 0 aromatic heterocycles. The number of morpholine rings is 1. The van der Waals surface area contributed by atoms with E-state index in [0.29, 0.717) is 0 Å². The number of aliphatic carboxylic acids is 1. The van der Waals surface area contributed by atoms with Gasteiger partial charge in [0.1, 0.15) is 6.61 Å². The lowest BCUT2D eigenvalue weighted by molar-refractivity contribution is -0.163. The van der Waals surface area contributed by atoms with E-state index in [1.807, 2.05) is 0 Å². The number of carboxylic acid groups (broad SMARTS) is 1. The van der Waals surface area contributed by atoms with Crippen LogP contribution in [0.4, 0.5) is 0 Å². The Morgan fingerprint density at radius 1 is 1.50 bits per heavy atom. The van der Waals surface area contributed by atoms with Crippen LogP contribution in [0.2, 0.25) is 0 Å². The van der Waals surface area contributed by atoms with Crippen molar-refractivity contribution < 1.29 is 19.4 Å². The highest BCUT2D eigenvalue weighted by molar-refractivity contribution is 7.99. The summed E-state index contributed by atoms with van der Waals surface area (Å²) in [6.07, 6.45) is 3.10. The molecule has 16 heavy (non-hydrogen) atoms. The fourth-order valence-electron chi connectivity index (χ4n) is 2.08. The van der Waals surface area contributed by atoms with Crippen LogP contribution >= 0.6 is 11.8 Å². The molecule has 2 fully saturated rings. The number of rotatable bonds is 2. The standard InChI is InChI=1S/C10H15NO4S/c12-8-6-15-5-7(10(13)14)11(8)9-3-1-2-4-16-9/h7,9H,1-6H2,(H,13,14). The molecule has 0 bridgehead atoms. The fourth-order valence-corrected chi connectivity index (χ4v) is 3.48. The number of nitrogens with zero attached hydrogens (tertiary/aromatic N) is 1. The number of ether oxygens (including phenoxy) is 1. The largest absolute Gasteiger partial charge is 0.480 e. The van der Waals surface area contributed by atoms with Crippen LogP contribution < -0.4 is 0 Å². The molecule has 90 valence electrons. The molecule has 0 aliphatic carbocycles. The Balaban J connectivity index is 2.11. The molecule has 2 heterocycles. The van der Waals surface area contributed by atoms with Crippen LogP contribution in [0.5, 0.6) is 0 Å². The second-order valence-corrected chi connectivity index (χ2v) is 5.28. The number of hydrogen-bond acceptors (Lipinski definition) is 4. The molecular formula is C10H15NO4S. The Morgan fingerprint density at radius 3 is 2.94 bits per heavy atom. The van der Waals surface area contributed by atoms with Gasteiger partial charge in [0.05, 0.1) is 12.0 Å². The Hall–Kier alpha value is -0.750. The summed E-state index contributed by atoms with van der Waals surface area (Å²) in [4.78, 5) is 24.3. The number of carbonyl (C=O) groups is 2. The molecule has 2 aliphatic rings. The molecule has 2 saturated heterocycles. The average Bonchev–Trinajstić information content (AvgIpc) is 2.29. The normalized spacial score (nSPS) is 31.5. The lowest BCUT2D eigenvalue weighted by Crippen LogP contribution is -2.56. The van der Waals surface area contributed by atoms with Crippen molar-refractivity contribution in [1.82, 2.24) is 4.90 Å². The first-order chi connectivity index (χ1) is 7.70. The smallest absolute Gasteiger partial charge is 0.328 e. The van der Waals surface area contributed by atoms with Gasteiger partial charge in [-0.1, -0.05) is 0 Å². The van der Waals surface area contributed by atoms with E-state index in [1.54, 1.807) is 11.8 Å². The van der Waals surface area contributed by atoms with E-state index in [9.17, 15) is 9.59 Å². The van der Waals surface area contributed by atoms with Gasteiger partial charge in [0.15, 0.2) is 6.04 Å². The average molecular weight is 245 g/mol. The number of hydrogen-bond donors (Lipinski definition) is 1. The van der Waals surface area contributed by atoms with Gasteiger partial charge in [0, 0.05) is 0 Å². The van der Waals surface area contributed by atoms with Gasteiger partial charge in [-0.15, -0.1) is 11.8 Å². The third kappa shape index (κ3) is 2.32. The van der Waals surface area contributed by atoms with Crippen LogP contribution in [-0.2, 0) is 14.3 Å². The predicted octanol–water partition coefficient (Wildman–Crippen LogP) is 0.542. The Morgan fingerprint density at radius 2 is 2.31 bits per heavy atom. The summed E-state index contributed by atoms with van der Waals surface area (Å²) in [6.45, 7) is 0.124. The topological polar surface area (TPSA) is 66.8 Å². The van der Waals surface area contributed by atoms with E-state index in [0.717, 1.165) is 25.0 Å². The van der Waals surface area contributed by atoms with Crippen molar-refractivity contribution in [2.45, 2.75) is 30.7 Å². The van der Waals surface area contributed by atoms with Gasteiger partial charge in [-0.05, 0) is 25.0 Å². The first-order valence-corrected chi connectivity index (χ1v) is 6.48. The number of carbonyl (C=O) groups excluding carboxylic acids is 1. The number of thioether (sulfide) groups is 1. The molecule has 2 unspecified atom stereocenters. The first kappa shape index (κ1) is 11.7. The number of carboxylic acids is 1. The molecule has 0 spiro atoms. The summed E-state index contributed by atoms with van der Waals surface area (Å²) in [5.41, 5.74) is 0. The zero-order valence-corrected chi connectivity index (χ0v) is 9.74. The molecule has 2 rings (SSSR count). The molecule has 1 N–H and O–H groups in total. The van der Waals surface area contributed by atoms with Crippen molar-refractivity contribution in [3.05, 3.63) is 0 Å². The summed E-state index contributed by atoms with van der Waals surface area (Å²) in [7, 11) is 0. The lowest BCUT2D eigenvalue weighted by Gasteiger charge is -2.39. The van der Waals surface area contributed by atoms with Crippen molar-refractivity contribution in [3.8, 4) is 0 Å². The van der Waals surface area contributed by atoms with Gasteiger partial charge in [0.2, 0.25) is 5.91 Å². The first-order valence-electron chi connectivity index (χ1n) is 5.43. The second kappa shape index (κ2) is 5.05. The van der Waals surface area contributed by atoms with Crippen LogP contribution in [0.1, 0.15) is 19.3 Å². The summed E-state index contributed by atoms with van der Waals surface area (Å²) in [5, 5.41) is 9.09. The minimum absolute atomic E-state index is 0.0147. The van der Waals surface area contributed by atoms with Gasteiger partial charge < -0.3 is 14.7 Å². The van der Waals surface area contributed by atoms with E-state index in [4.69, 9.17) is 9.84 Å². The van der Waals surface area contributed by atoms with Crippen LogP contribution in [0.3, 0.4) is 0 Å². The zero-order valence-electron chi connectivity index (χ0n) is 8.92. The molecule has 5 nitrogen and oxygen atoms in total. The second-order valence-electron chi connectivity index (χ2n) is 3.99. The molecule has 2 aliphatic heterocycles. The zero-order chi connectivity index (χ0) is 11.5. The van der Waals surface area contributed by atoms with E-state index in [-0.39, 0.29) is 24.5 Å². The Labute approximate surface area is 98.1 Å². The maximum atomic E-state index is 11.7. The number of amides is 1. The molecule has 6 heteroatoms. The fraction of sp³-hybridized carbons (Fsp3) is 0.800. The van der Waals surface area contributed by atoms with E-state index in [1.165, 1.54) is 4.90 Å². The van der Waals surface area contributed by atoms with E-state index >= 15 is 0 Å². The monoisotopic (exact) mass is 245 g/mol. The lowest BCUT2D eigenvalue weighted by atomic mass is 10.1. The summed E-state index contributed by atoms with van der Waals surface area (Å²) in [5.74, 6) is -0.168. The molecular weight excluding hydrogens is 230 g/mol. The van der Waals surface area contributed by atoms with Crippen molar-refractivity contribution in [1.29, 1.82) is 0 Å². The van der Waals surface area contributed by atoms with Crippen molar-refractivity contribution in [2.75, 3.05) is 19.0 Å². The third-order valence-electron chi connectivity index (χ3n) is 2.88. The summed E-state index contributed by atoms with van der Waals surface area (Å²) >= 11 is 1.68. The molecule has 0 aromatic rings. The minimum Gasteiger partial charge on any atom is -0.480 e. The Bertz CT molecular complexity index is 291. The van der Waals surface area contributed by atoms with Crippen LogP contribution in [-0.4, -0.2) is 52.3 Å². The van der Waals surface area contributed by atoms with Crippen molar-refractivity contribution >= 4 is 23.6 Å². The van der Waals surface area contributed by atoms with Gasteiger partial charge in [-0.3, -0.25) is 4.79 Å². The van der Waals surface area contributed by atoms with Crippen molar-refractivity contribution in [2.24, 2.45) is 0 Å². The Kier molecular flexibility index (Phi) is 3.70. The molecule has 0 radical (unpaired) electrons. The van der Waals surface area contributed by atoms with Crippen LogP contribution in [0.25, 0.3) is 0 Å². The minimum atomic E-state index is -0.973. The SMILES string of the molecule is O=C(O)C1COCC(=O)N1C1CCCCS1. The molecule has 2 atom stereocenters. The van der Waals surface area contributed by atoms with Crippen LogP contribution in [0, 0.1) is 0 Å². The maximum Gasteiger partial charge on any atom is 0.328 e. The molecule has 1 amide bonds. The van der Waals surface area contributed by atoms with Crippen molar-refractivity contribution in [3.63, 3.8) is 0 Å². The van der Waals surface area contributed by atoms with Gasteiger partial charge in [-0.25, -0.2) is 4.79 Å². The van der Waals surface area contributed by atoms with E-state index < -0.39 is 12.0 Å². The van der Waals surface area contributed by atoms with Crippen LogP contribution in [0.15, 0.2) is 0 Å². The quantitative estimate of drug-likeness (QED) is 0.769. The summed E-state index contributed by atoms with van der Waals surface area (Å²) < 4.78 is 5.00. The van der Waals surface area contributed by atoms with E-state index in [2.05, 4.69) is 0 Å². The highest BCUT2D eigenvalue weighted by Gasteiger charge is 2.39. The third-order valence-corrected chi connectivity index (χ3v) is 4.25. The van der Waals surface area contributed by atoms with Gasteiger partial charge in [0.25, 0.3) is 0 Å². The maximum absolute atomic E-state index is 11.7. The highest BCUT2D eigenvalue weighted by atomic mass is 32.2. The summed E-state index contributed by atoms with van der Waals surface area (Å²) in [6, 6.07) is -0.808. The predicted molar refractivity (Wildman–Crippen MR) is 59.2 cm³/mol. The van der Waals surface area contributed by atoms with Gasteiger partial charge in [-0.2, -0.15) is 0 Å². The molecule has 0 aromatic carbocycles. The highest BCUT2D eigenvalue weighted by Crippen LogP contribution is 2.30.